The van der Waals surface area contributed by atoms with E-state index >= 15 is 0 Å². The highest BCUT2D eigenvalue weighted by atomic mass is 31.2. The molecule has 4 N–H and O–H groups in total. The Labute approximate surface area is 218 Å². The van der Waals surface area contributed by atoms with E-state index in [2.05, 4.69) is 10.2 Å². The lowest BCUT2D eigenvalue weighted by Gasteiger charge is -2.25. The van der Waals surface area contributed by atoms with E-state index in [1.807, 2.05) is 18.8 Å². The van der Waals surface area contributed by atoms with Crippen LogP contribution >= 0.6 is 7.75 Å². The summed E-state index contributed by atoms with van der Waals surface area (Å²) in [6, 6.07) is 6.99. The van der Waals surface area contributed by atoms with Crippen LogP contribution in [-0.4, -0.2) is 68.5 Å². The Morgan fingerprint density at radius 3 is 2.53 bits per heavy atom. The van der Waals surface area contributed by atoms with Crippen molar-refractivity contribution in [1.29, 1.82) is 0 Å². The molecule has 0 bridgehead atoms. The fourth-order valence-corrected chi connectivity index (χ4v) is 5.14. The molecule has 1 aliphatic rings. The molecule has 15 heteroatoms. The Balaban J connectivity index is 1.72. The van der Waals surface area contributed by atoms with E-state index in [1.54, 1.807) is 18.2 Å². The lowest BCUT2D eigenvalue weighted by atomic mass is 10.1. The molecule has 38 heavy (non-hydrogen) atoms. The van der Waals surface area contributed by atoms with E-state index in [0.717, 1.165) is 19.0 Å². The van der Waals surface area contributed by atoms with Crippen LogP contribution in [0.25, 0.3) is 0 Å². The van der Waals surface area contributed by atoms with Gasteiger partial charge in [-0.1, -0.05) is 44.9 Å². The van der Waals surface area contributed by atoms with Gasteiger partial charge in [0, 0.05) is 0 Å². The first kappa shape index (κ1) is 29.7. The number of aromatic nitrogens is 3. The van der Waals surface area contributed by atoms with E-state index < -0.39 is 62.2 Å². The molecule has 2 unspecified atom stereocenters. The lowest BCUT2D eigenvalue weighted by Crippen LogP contribution is -2.39. The van der Waals surface area contributed by atoms with Crippen LogP contribution in [0.15, 0.2) is 46.1 Å². The van der Waals surface area contributed by atoms with Gasteiger partial charge in [0.05, 0.1) is 13.2 Å². The van der Waals surface area contributed by atoms with Crippen LogP contribution in [0.3, 0.4) is 0 Å². The summed E-state index contributed by atoms with van der Waals surface area (Å²) in [5.74, 6) is -0.288. The van der Waals surface area contributed by atoms with E-state index in [-0.39, 0.29) is 18.3 Å². The third kappa shape index (κ3) is 7.59. The smallest absolute Gasteiger partial charge is 0.459 e. The monoisotopic (exact) mass is 556 g/mol. The molecule has 2 aromatic rings. The number of carbonyl (C=O) groups is 1. The first-order valence-corrected chi connectivity index (χ1v) is 13.7. The first-order valence-electron chi connectivity index (χ1n) is 12.2. The minimum atomic E-state index is -4.27. The molecule has 0 spiro atoms. The third-order valence-electron chi connectivity index (χ3n) is 6.01. The van der Waals surface area contributed by atoms with Crippen molar-refractivity contribution in [1.82, 2.24) is 19.9 Å². The number of nitrogens with zero attached hydrogens (tertiary/aromatic N) is 2. The largest absolute Gasteiger partial charge is 0.464 e. The van der Waals surface area contributed by atoms with Crippen LogP contribution in [0, 0.1) is 5.92 Å². The molecule has 210 valence electrons. The zero-order valence-corrected chi connectivity index (χ0v) is 22.2. The van der Waals surface area contributed by atoms with E-state index in [0.29, 0.717) is 4.68 Å². The maximum absolute atomic E-state index is 13.7. The number of hydrogen-bond donors (Lipinski definition) is 4. The van der Waals surface area contributed by atoms with Gasteiger partial charge in [0.25, 0.3) is 5.56 Å². The quantitative estimate of drug-likeness (QED) is 0.200. The third-order valence-corrected chi connectivity index (χ3v) is 7.66. The molecule has 6 atom stereocenters. The standard InChI is InChI=1S/C23H33N4O10P/c1-4-15(5-2)12-34-22(31)14(3)26-38(33,37-16-9-7-6-8-10-16)35-13-17-19(29)20(30)21(36-17)27-23(32)25-18(28)11-24-27/h6-11,14-15,17,19-21,29-30H,4-5,12-13H2,1-3H3,(H,26,33)(H,25,28,32)/t14-,17+,19-,20?,21+,38?/m0/s1. The number of ether oxygens (including phenoxy) is 2. The molecular formula is C23H33N4O10P. The number of aliphatic hydroxyl groups is 2. The molecule has 1 aromatic heterocycles. The fourth-order valence-electron chi connectivity index (χ4n) is 3.63. The zero-order valence-electron chi connectivity index (χ0n) is 21.3. The average Bonchev–Trinajstić information content (AvgIpc) is 3.17. The van der Waals surface area contributed by atoms with Gasteiger partial charge in [-0.25, -0.2) is 9.36 Å². The van der Waals surface area contributed by atoms with Crippen LogP contribution in [0.1, 0.15) is 39.8 Å². The summed E-state index contributed by atoms with van der Waals surface area (Å²) in [5.41, 5.74) is -1.72. The summed E-state index contributed by atoms with van der Waals surface area (Å²) in [6.07, 6.45) is -3.45. The summed E-state index contributed by atoms with van der Waals surface area (Å²) in [5, 5.41) is 27.0. The number of hydrogen-bond acceptors (Lipinski definition) is 11. The van der Waals surface area contributed by atoms with Gasteiger partial charge in [0.2, 0.25) is 0 Å². The fraction of sp³-hybridized carbons (Fsp3) is 0.565. The van der Waals surface area contributed by atoms with Gasteiger partial charge in [-0.2, -0.15) is 14.9 Å². The second-order valence-electron chi connectivity index (χ2n) is 8.79. The number of esters is 1. The maximum Gasteiger partial charge on any atom is 0.459 e. The van der Waals surface area contributed by atoms with Crippen molar-refractivity contribution in [2.45, 2.75) is 64.2 Å². The number of benzene rings is 1. The van der Waals surface area contributed by atoms with Crippen LogP contribution in [0.2, 0.25) is 0 Å². The van der Waals surface area contributed by atoms with Crippen molar-refractivity contribution < 1.29 is 38.1 Å². The van der Waals surface area contributed by atoms with E-state index in [9.17, 15) is 29.2 Å². The van der Waals surface area contributed by atoms with Gasteiger partial charge in [-0.3, -0.25) is 19.1 Å². The Bertz CT molecular complexity index is 1220. The average molecular weight is 557 g/mol. The summed E-state index contributed by atoms with van der Waals surface area (Å²) >= 11 is 0. The van der Waals surface area contributed by atoms with Crippen molar-refractivity contribution in [3.05, 3.63) is 57.4 Å². The molecule has 14 nitrogen and oxygen atoms in total. The van der Waals surface area contributed by atoms with Crippen molar-refractivity contribution in [2.24, 2.45) is 5.92 Å². The molecule has 3 rings (SSSR count). The first-order chi connectivity index (χ1) is 18.1. The molecule has 1 aliphatic heterocycles. The minimum Gasteiger partial charge on any atom is -0.464 e. The molecule has 1 aromatic carbocycles. The molecule has 2 heterocycles. The van der Waals surface area contributed by atoms with E-state index in [1.165, 1.54) is 19.1 Å². The second-order valence-corrected chi connectivity index (χ2v) is 10.5. The normalized spacial score (nSPS) is 23.6. The van der Waals surface area contributed by atoms with Crippen molar-refractivity contribution >= 4 is 13.7 Å². The van der Waals surface area contributed by atoms with Gasteiger partial charge in [0.1, 0.15) is 36.3 Å². The highest BCUT2D eigenvalue weighted by Gasteiger charge is 2.46. The van der Waals surface area contributed by atoms with Crippen molar-refractivity contribution in [2.75, 3.05) is 13.2 Å². The summed E-state index contributed by atoms with van der Waals surface area (Å²) in [4.78, 5) is 37.8. The van der Waals surface area contributed by atoms with Gasteiger partial charge in [-0.05, 0) is 25.0 Å². The minimum absolute atomic E-state index is 0.177. The number of nitrogens with one attached hydrogen (secondary N) is 2. The number of aliphatic hydroxyl groups excluding tert-OH is 2. The molecule has 0 amide bonds. The Hall–Kier alpha value is -2.87. The summed E-state index contributed by atoms with van der Waals surface area (Å²) < 4.78 is 36.3. The van der Waals surface area contributed by atoms with Crippen molar-refractivity contribution in [3.8, 4) is 5.75 Å². The van der Waals surface area contributed by atoms with Gasteiger partial charge in [-0.15, -0.1) is 0 Å². The number of H-pyrrole nitrogens is 1. The van der Waals surface area contributed by atoms with E-state index in [4.69, 9.17) is 18.5 Å². The molecule has 1 fully saturated rings. The number of para-hydroxylation sites is 1. The van der Waals surface area contributed by atoms with Crippen LogP contribution < -0.4 is 20.9 Å². The van der Waals surface area contributed by atoms with Crippen molar-refractivity contribution in [3.63, 3.8) is 0 Å². The van der Waals surface area contributed by atoms with Crippen LogP contribution in [0.5, 0.6) is 5.75 Å². The molecular weight excluding hydrogens is 523 g/mol. The predicted octanol–water partition coefficient (Wildman–Crippen LogP) is 0.712. The zero-order chi connectivity index (χ0) is 27.9. The van der Waals surface area contributed by atoms with Crippen LogP contribution in [0.4, 0.5) is 0 Å². The molecule has 1 saturated heterocycles. The van der Waals surface area contributed by atoms with Crippen LogP contribution in [-0.2, 0) is 23.4 Å². The number of aromatic amines is 1. The highest BCUT2D eigenvalue weighted by molar-refractivity contribution is 7.52. The SMILES string of the molecule is CCC(CC)COC(=O)[C@H](C)NP(=O)(OC[C@H]1O[C@@H](n2ncc(=O)[nH]c2=O)C(O)[C@H]1O)Oc1ccccc1. The predicted molar refractivity (Wildman–Crippen MR) is 133 cm³/mol. The topological polar surface area (TPSA) is 191 Å². The Morgan fingerprint density at radius 2 is 1.89 bits per heavy atom. The molecule has 0 radical (unpaired) electrons. The highest BCUT2D eigenvalue weighted by Crippen LogP contribution is 2.46. The maximum atomic E-state index is 13.7. The lowest BCUT2D eigenvalue weighted by molar-refractivity contribution is -0.146. The summed E-state index contributed by atoms with van der Waals surface area (Å²) in [6.45, 7) is 5.06. The second kappa shape index (κ2) is 13.3. The Kier molecular flexibility index (Phi) is 10.4. The summed E-state index contributed by atoms with van der Waals surface area (Å²) in [7, 11) is -4.27. The van der Waals surface area contributed by atoms with Gasteiger partial charge in [0.15, 0.2) is 6.23 Å². The Morgan fingerprint density at radius 1 is 1.21 bits per heavy atom. The van der Waals surface area contributed by atoms with Gasteiger partial charge < -0.3 is 24.2 Å². The number of rotatable bonds is 13. The van der Waals surface area contributed by atoms with Gasteiger partial charge >= 0.3 is 19.4 Å². The molecule has 0 aliphatic carbocycles. The number of carbonyl (C=O) groups excluding carboxylic acids is 1. The molecule has 0 saturated carbocycles.